The van der Waals surface area contributed by atoms with E-state index in [-0.39, 0.29) is 22.5 Å². The number of nitro groups is 1. The molecule has 0 aromatic heterocycles. The lowest BCUT2D eigenvalue weighted by atomic mass is 10.1. The predicted octanol–water partition coefficient (Wildman–Crippen LogP) is 5.55. The summed E-state index contributed by atoms with van der Waals surface area (Å²) < 4.78 is 0. The first-order chi connectivity index (χ1) is 15.7. The van der Waals surface area contributed by atoms with E-state index in [1.54, 1.807) is 25.1 Å². The first-order valence-electron chi connectivity index (χ1n) is 10.4. The highest BCUT2D eigenvalue weighted by Gasteiger charge is 2.35. The molecule has 3 aromatic carbocycles. The third kappa shape index (κ3) is 4.61. The highest BCUT2D eigenvalue weighted by atomic mass is 32.2. The number of aryl methyl sites for hydroxylation is 3. The summed E-state index contributed by atoms with van der Waals surface area (Å²) in [6, 6.07) is 17.8. The molecule has 7 nitrogen and oxygen atoms in total. The lowest BCUT2D eigenvalue weighted by molar-refractivity contribution is -0.385. The summed E-state index contributed by atoms with van der Waals surface area (Å²) >= 11 is 1.54. The van der Waals surface area contributed by atoms with Gasteiger partial charge < -0.3 is 5.32 Å². The first kappa shape index (κ1) is 22.5. The fourth-order valence-corrected chi connectivity index (χ4v) is 5.09. The second-order valence-corrected chi connectivity index (χ2v) is 9.12. The zero-order valence-corrected chi connectivity index (χ0v) is 19.3. The van der Waals surface area contributed by atoms with Gasteiger partial charge in [0.05, 0.1) is 10.7 Å². The molecule has 2 amide bonds. The summed E-state index contributed by atoms with van der Waals surface area (Å²) in [5, 5.41) is 13.8. The van der Waals surface area contributed by atoms with Crippen molar-refractivity contribution in [1.82, 2.24) is 0 Å². The van der Waals surface area contributed by atoms with Crippen molar-refractivity contribution in [2.75, 3.05) is 16.0 Å². The highest BCUT2D eigenvalue weighted by molar-refractivity contribution is 8.00. The summed E-state index contributed by atoms with van der Waals surface area (Å²) in [7, 11) is 0. The Kier molecular flexibility index (Phi) is 6.20. The third-order valence-electron chi connectivity index (χ3n) is 5.58. The van der Waals surface area contributed by atoms with Crippen LogP contribution in [0.1, 0.15) is 38.0 Å². The SMILES string of the molecule is Cc1ccc(N2C(=O)CS[C@H]2c2cccc(NC(=O)c3ccc(C)c([N+](=O)[O-])c3)c2)c(C)c1. The van der Waals surface area contributed by atoms with E-state index >= 15 is 0 Å². The van der Waals surface area contributed by atoms with E-state index in [0.29, 0.717) is 17.0 Å². The molecule has 0 unspecified atom stereocenters. The molecule has 1 atom stereocenters. The molecule has 0 radical (unpaired) electrons. The van der Waals surface area contributed by atoms with Crippen molar-refractivity contribution in [3.8, 4) is 0 Å². The van der Waals surface area contributed by atoms with E-state index in [0.717, 1.165) is 22.4 Å². The summed E-state index contributed by atoms with van der Waals surface area (Å²) in [4.78, 5) is 38.0. The molecule has 1 saturated heterocycles. The summed E-state index contributed by atoms with van der Waals surface area (Å²) in [6.45, 7) is 5.64. The van der Waals surface area contributed by atoms with E-state index < -0.39 is 10.8 Å². The van der Waals surface area contributed by atoms with Crippen LogP contribution in [0.15, 0.2) is 60.7 Å². The molecule has 3 aromatic rings. The number of benzene rings is 3. The molecule has 0 aliphatic carbocycles. The van der Waals surface area contributed by atoms with Crippen LogP contribution in [0.4, 0.5) is 17.1 Å². The van der Waals surface area contributed by atoms with Crippen LogP contribution in [0.25, 0.3) is 0 Å². The number of thioether (sulfide) groups is 1. The van der Waals surface area contributed by atoms with Crippen LogP contribution in [-0.4, -0.2) is 22.5 Å². The Morgan fingerprint density at radius 1 is 1.06 bits per heavy atom. The minimum atomic E-state index is -0.497. The Balaban J connectivity index is 1.60. The average molecular weight is 462 g/mol. The Morgan fingerprint density at radius 2 is 1.85 bits per heavy atom. The van der Waals surface area contributed by atoms with Gasteiger partial charge in [-0.2, -0.15) is 0 Å². The predicted molar refractivity (Wildman–Crippen MR) is 131 cm³/mol. The van der Waals surface area contributed by atoms with Gasteiger partial charge >= 0.3 is 0 Å². The number of rotatable bonds is 5. The van der Waals surface area contributed by atoms with E-state index in [2.05, 4.69) is 11.4 Å². The molecule has 1 aliphatic heterocycles. The van der Waals surface area contributed by atoms with Gasteiger partial charge in [-0.1, -0.05) is 35.9 Å². The Hall–Kier alpha value is -3.65. The van der Waals surface area contributed by atoms with E-state index in [1.165, 1.54) is 17.8 Å². The molecular weight excluding hydrogens is 438 g/mol. The van der Waals surface area contributed by atoms with Crippen molar-refractivity contribution < 1.29 is 14.5 Å². The lowest BCUT2D eigenvalue weighted by Crippen LogP contribution is -2.28. The van der Waals surface area contributed by atoms with Crippen molar-refractivity contribution in [2.45, 2.75) is 26.1 Å². The van der Waals surface area contributed by atoms with Crippen LogP contribution in [-0.2, 0) is 4.79 Å². The normalized spacial score (nSPS) is 15.5. The third-order valence-corrected chi connectivity index (χ3v) is 6.79. The largest absolute Gasteiger partial charge is 0.322 e. The summed E-state index contributed by atoms with van der Waals surface area (Å²) in [6.07, 6.45) is 0. The number of nitrogens with zero attached hydrogens (tertiary/aromatic N) is 2. The summed E-state index contributed by atoms with van der Waals surface area (Å²) in [5.41, 5.74) is 5.09. The number of anilines is 2. The molecule has 33 heavy (non-hydrogen) atoms. The smallest absolute Gasteiger partial charge is 0.273 e. The highest BCUT2D eigenvalue weighted by Crippen LogP contribution is 2.43. The minimum Gasteiger partial charge on any atom is -0.322 e. The van der Waals surface area contributed by atoms with Crippen molar-refractivity contribution in [1.29, 1.82) is 0 Å². The quantitative estimate of drug-likeness (QED) is 0.397. The van der Waals surface area contributed by atoms with Gasteiger partial charge in [0, 0.05) is 28.6 Å². The molecule has 4 rings (SSSR count). The van der Waals surface area contributed by atoms with Gasteiger partial charge in [-0.3, -0.25) is 24.6 Å². The maximum atomic E-state index is 12.7. The lowest BCUT2D eigenvalue weighted by Gasteiger charge is -2.26. The molecule has 1 N–H and O–H groups in total. The zero-order valence-electron chi connectivity index (χ0n) is 18.5. The van der Waals surface area contributed by atoms with Crippen LogP contribution in [0.5, 0.6) is 0 Å². The number of carbonyl (C=O) groups excluding carboxylic acids is 2. The average Bonchev–Trinajstić information content (AvgIpc) is 3.15. The second-order valence-electron chi connectivity index (χ2n) is 8.06. The molecule has 1 fully saturated rings. The fourth-order valence-electron chi connectivity index (χ4n) is 3.93. The van der Waals surface area contributed by atoms with Gasteiger partial charge in [-0.05, 0) is 56.2 Å². The Labute approximate surface area is 196 Å². The van der Waals surface area contributed by atoms with Crippen LogP contribution < -0.4 is 10.2 Å². The summed E-state index contributed by atoms with van der Waals surface area (Å²) in [5.74, 6) is -0.0169. The van der Waals surface area contributed by atoms with E-state index in [4.69, 9.17) is 0 Å². The Morgan fingerprint density at radius 3 is 2.58 bits per heavy atom. The molecule has 0 bridgehead atoms. The fraction of sp³-hybridized carbons (Fsp3) is 0.200. The number of nitro benzene ring substituents is 1. The molecule has 1 aliphatic rings. The van der Waals surface area contributed by atoms with Crippen molar-refractivity contribution in [3.63, 3.8) is 0 Å². The monoisotopic (exact) mass is 461 g/mol. The second kappa shape index (κ2) is 9.07. The number of amides is 2. The van der Waals surface area contributed by atoms with Crippen molar-refractivity contribution in [2.24, 2.45) is 0 Å². The van der Waals surface area contributed by atoms with E-state index in [1.807, 2.05) is 49.1 Å². The van der Waals surface area contributed by atoms with Crippen LogP contribution >= 0.6 is 11.8 Å². The zero-order chi connectivity index (χ0) is 23.7. The van der Waals surface area contributed by atoms with Crippen LogP contribution in [0.2, 0.25) is 0 Å². The minimum absolute atomic E-state index is 0.0401. The van der Waals surface area contributed by atoms with Gasteiger partial charge in [-0.15, -0.1) is 11.8 Å². The van der Waals surface area contributed by atoms with Gasteiger partial charge in [0.2, 0.25) is 5.91 Å². The van der Waals surface area contributed by atoms with Crippen LogP contribution in [0.3, 0.4) is 0 Å². The van der Waals surface area contributed by atoms with Gasteiger partial charge in [0.15, 0.2) is 0 Å². The van der Waals surface area contributed by atoms with Gasteiger partial charge in [-0.25, -0.2) is 0 Å². The van der Waals surface area contributed by atoms with Crippen LogP contribution in [0, 0.1) is 30.9 Å². The number of hydrogen-bond acceptors (Lipinski definition) is 5. The Bertz CT molecular complexity index is 1270. The maximum absolute atomic E-state index is 12.7. The molecule has 168 valence electrons. The van der Waals surface area contributed by atoms with Crippen molar-refractivity contribution in [3.05, 3.63) is 98.6 Å². The van der Waals surface area contributed by atoms with E-state index in [9.17, 15) is 19.7 Å². The molecular formula is C25H23N3O4S. The molecule has 0 spiro atoms. The number of hydrogen-bond donors (Lipinski definition) is 1. The van der Waals surface area contributed by atoms with Gasteiger partial charge in [0.1, 0.15) is 5.37 Å². The number of carbonyl (C=O) groups is 2. The standard InChI is InChI=1S/C25H23N3O4S/c1-15-7-10-21(17(3)11-15)27-23(29)14-33-25(27)19-5-4-6-20(12-19)26-24(30)18-9-8-16(2)22(13-18)28(31)32/h4-13,25H,14H2,1-3H3,(H,26,30)/t25-/m0/s1. The van der Waals surface area contributed by atoms with Gasteiger partial charge in [0.25, 0.3) is 11.6 Å². The maximum Gasteiger partial charge on any atom is 0.273 e. The molecule has 8 heteroatoms. The molecule has 1 heterocycles. The topological polar surface area (TPSA) is 92.6 Å². The number of nitrogens with one attached hydrogen (secondary N) is 1. The molecule has 0 saturated carbocycles. The van der Waals surface area contributed by atoms with Crippen molar-refractivity contribution >= 4 is 40.6 Å². The first-order valence-corrected chi connectivity index (χ1v) is 11.5.